The van der Waals surface area contributed by atoms with Crippen LogP contribution in [0.25, 0.3) is 0 Å². The molecule has 3 nitrogen and oxygen atoms in total. The largest absolute Gasteiger partial charge is 0.271 e. The average Bonchev–Trinajstić information content (AvgIpc) is 2.69. The van der Waals surface area contributed by atoms with Crippen LogP contribution in [0.15, 0.2) is 18.2 Å². The topological polar surface area (TPSA) is 50.9 Å². The van der Waals surface area contributed by atoms with Crippen molar-refractivity contribution < 1.29 is 0 Å². The van der Waals surface area contributed by atoms with Gasteiger partial charge >= 0.3 is 0 Å². The molecule has 102 valence electrons. The molecule has 0 spiro atoms. The third kappa shape index (κ3) is 3.21. The van der Waals surface area contributed by atoms with Crippen molar-refractivity contribution in [2.24, 2.45) is 5.84 Å². The minimum Gasteiger partial charge on any atom is -0.271 e. The summed E-state index contributed by atoms with van der Waals surface area (Å²) in [5, 5.41) is 1.09. The van der Waals surface area contributed by atoms with Gasteiger partial charge < -0.3 is 0 Å². The first-order chi connectivity index (χ1) is 9.01. The van der Waals surface area contributed by atoms with Crippen molar-refractivity contribution in [2.75, 3.05) is 0 Å². The van der Waals surface area contributed by atoms with Gasteiger partial charge in [0.1, 0.15) is 0 Å². The Hall–Kier alpha value is -1.23. The molecule has 0 saturated carbocycles. The van der Waals surface area contributed by atoms with Crippen molar-refractivity contribution in [3.63, 3.8) is 0 Å². The maximum Gasteiger partial charge on any atom is 0.0900 e. The first-order valence-corrected chi connectivity index (χ1v) is 7.29. The third-order valence-electron chi connectivity index (χ3n) is 3.39. The monoisotopic (exact) mass is 275 g/mol. The zero-order valence-corrected chi connectivity index (χ0v) is 12.8. The van der Waals surface area contributed by atoms with Crippen LogP contribution in [-0.4, -0.2) is 4.98 Å². The molecule has 0 bridgehead atoms. The van der Waals surface area contributed by atoms with Crippen LogP contribution < -0.4 is 11.3 Å². The van der Waals surface area contributed by atoms with E-state index in [1.165, 1.54) is 21.6 Å². The summed E-state index contributed by atoms with van der Waals surface area (Å²) in [7, 11) is 0. The molecule has 0 aliphatic carbocycles. The number of aromatic nitrogens is 1. The summed E-state index contributed by atoms with van der Waals surface area (Å²) in [4.78, 5) is 5.72. The SMILES string of the molecule is Cc1ccc(C)c(CC(NN)c2sc(C)nc2C)c1. The van der Waals surface area contributed by atoms with Crippen molar-refractivity contribution in [2.45, 2.75) is 40.2 Å². The van der Waals surface area contributed by atoms with Crippen LogP contribution in [0.2, 0.25) is 0 Å². The van der Waals surface area contributed by atoms with E-state index in [0.717, 1.165) is 17.1 Å². The molecule has 1 aromatic heterocycles. The lowest BCUT2D eigenvalue weighted by atomic mass is 9.98. The number of nitrogens with two attached hydrogens (primary N) is 1. The Balaban J connectivity index is 2.29. The molecule has 1 unspecified atom stereocenters. The fourth-order valence-electron chi connectivity index (χ4n) is 2.34. The fraction of sp³-hybridized carbons (Fsp3) is 0.400. The molecule has 0 aliphatic heterocycles. The van der Waals surface area contributed by atoms with E-state index >= 15 is 0 Å². The molecule has 19 heavy (non-hydrogen) atoms. The molecule has 3 N–H and O–H groups in total. The second-order valence-corrected chi connectivity index (χ2v) is 6.27. The highest BCUT2D eigenvalue weighted by atomic mass is 32.1. The minimum atomic E-state index is 0.131. The summed E-state index contributed by atoms with van der Waals surface area (Å²) in [6, 6.07) is 6.68. The van der Waals surface area contributed by atoms with Crippen LogP contribution in [0.1, 0.15) is 38.3 Å². The van der Waals surface area contributed by atoms with Crippen LogP contribution in [-0.2, 0) is 6.42 Å². The summed E-state index contributed by atoms with van der Waals surface area (Å²) >= 11 is 1.72. The molecule has 0 fully saturated rings. The molecule has 1 heterocycles. The average molecular weight is 275 g/mol. The van der Waals surface area contributed by atoms with E-state index in [2.05, 4.69) is 42.5 Å². The highest BCUT2D eigenvalue weighted by molar-refractivity contribution is 7.11. The van der Waals surface area contributed by atoms with E-state index in [4.69, 9.17) is 5.84 Å². The lowest BCUT2D eigenvalue weighted by molar-refractivity contribution is 0.556. The van der Waals surface area contributed by atoms with Gasteiger partial charge in [-0.3, -0.25) is 11.3 Å². The van der Waals surface area contributed by atoms with E-state index in [9.17, 15) is 0 Å². The predicted molar refractivity (Wildman–Crippen MR) is 81.3 cm³/mol. The number of thiazole rings is 1. The van der Waals surface area contributed by atoms with E-state index < -0.39 is 0 Å². The number of nitrogens with one attached hydrogen (secondary N) is 1. The van der Waals surface area contributed by atoms with Gasteiger partial charge in [0.25, 0.3) is 0 Å². The smallest absolute Gasteiger partial charge is 0.0900 e. The van der Waals surface area contributed by atoms with Crippen LogP contribution in [0, 0.1) is 27.7 Å². The standard InChI is InChI=1S/C15H21N3S/c1-9-5-6-10(2)13(7-9)8-14(18-16)15-11(3)17-12(4)19-15/h5-7,14,18H,8,16H2,1-4H3. The molecule has 0 radical (unpaired) electrons. The Labute approximate surface area is 118 Å². The molecule has 1 atom stereocenters. The van der Waals surface area contributed by atoms with Gasteiger partial charge in [-0.05, 0) is 45.2 Å². The van der Waals surface area contributed by atoms with Crippen molar-refractivity contribution in [1.82, 2.24) is 10.4 Å². The first-order valence-electron chi connectivity index (χ1n) is 6.47. The Kier molecular flexibility index (Phi) is 4.34. The lowest BCUT2D eigenvalue weighted by Crippen LogP contribution is -2.29. The summed E-state index contributed by atoms with van der Waals surface area (Å²) in [5.74, 6) is 5.75. The number of rotatable bonds is 4. The fourth-order valence-corrected chi connectivity index (χ4v) is 3.33. The number of benzene rings is 1. The number of aryl methyl sites for hydroxylation is 4. The molecular weight excluding hydrogens is 254 g/mol. The van der Waals surface area contributed by atoms with Gasteiger partial charge in [-0.15, -0.1) is 11.3 Å². The minimum absolute atomic E-state index is 0.131. The Bertz CT molecular complexity index is 575. The molecule has 1 aromatic carbocycles. The molecule has 0 saturated heterocycles. The highest BCUT2D eigenvalue weighted by Gasteiger charge is 2.17. The van der Waals surface area contributed by atoms with Gasteiger partial charge in [-0.25, -0.2) is 4.98 Å². The maximum absolute atomic E-state index is 5.75. The number of hydrogen-bond acceptors (Lipinski definition) is 4. The number of hydrazine groups is 1. The predicted octanol–water partition coefficient (Wildman–Crippen LogP) is 3.12. The van der Waals surface area contributed by atoms with Gasteiger partial charge in [0.15, 0.2) is 0 Å². The molecular formula is C15H21N3S. The molecule has 0 amide bonds. The van der Waals surface area contributed by atoms with E-state index in [1.807, 2.05) is 13.8 Å². The van der Waals surface area contributed by atoms with Crippen LogP contribution in [0.3, 0.4) is 0 Å². The normalized spacial score (nSPS) is 12.7. The second kappa shape index (κ2) is 5.82. The van der Waals surface area contributed by atoms with Crippen molar-refractivity contribution in [3.05, 3.63) is 50.5 Å². The second-order valence-electron chi connectivity index (χ2n) is 5.04. The van der Waals surface area contributed by atoms with Crippen LogP contribution in [0.5, 0.6) is 0 Å². The van der Waals surface area contributed by atoms with Gasteiger partial charge in [0, 0.05) is 4.88 Å². The molecule has 0 aliphatic rings. The van der Waals surface area contributed by atoms with E-state index in [-0.39, 0.29) is 6.04 Å². The van der Waals surface area contributed by atoms with Crippen LogP contribution >= 0.6 is 11.3 Å². The van der Waals surface area contributed by atoms with Gasteiger partial charge in [-0.1, -0.05) is 23.8 Å². The third-order valence-corrected chi connectivity index (χ3v) is 4.57. The molecule has 4 heteroatoms. The van der Waals surface area contributed by atoms with Gasteiger partial charge in [0.2, 0.25) is 0 Å². The Morgan fingerprint density at radius 1 is 1.26 bits per heavy atom. The quantitative estimate of drug-likeness (QED) is 0.666. The van der Waals surface area contributed by atoms with Crippen molar-refractivity contribution >= 4 is 11.3 Å². The Morgan fingerprint density at radius 3 is 2.58 bits per heavy atom. The molecule has 2 aromatic rings. The zero-order valence-electron chi connectivity index (χ0n) is 11.9. The summed E-state index contributed by atoms with van der Waals surface area (Å²) < 4.78 is 0. The first kappa shape index (κ1) is 14.2. The van der Waals surface area contributed by atoms with Crippen molar-refractivity contribution in [1.29, 1.82) is 0 Å². The summed E-state index contributed by atoms with van der Waals surface area (Å²) in [6.45, 7) is 8.35. The Morgan fingerprint density at radius 2 is 2.00 bits per heavy atom. The highest BCUT2D eigenvalue weighted by Crippen LogP contribution is 2.28. The van der Waals surface area contributed by atoms with Gasteiger partial charge in [0.05, 0.1) is 16.7 Å². The van der Waals surface area contributed by atoms with E-state index in [0.29, 0.717) is 0 Å². The van der Waals surface area contributed by atoms with Crippen molar-refractivity contribution in [3.8, 4) is 0 Å². The summed E-state index contributed by atoms with van der Waals surface area (Å²) in [6.07, 6.45) is 0.895. The maximum atomic E-state index is 5.75. The zero-order chi connectivity index (χ0) is 14.0. The molecule has 2 rings (SSSR count). The van der Waals surface area contributed by atoms with Crippen LogP contribution in [0.4, 0.5) is 0 Å². The van der Waals surface area contributed by atoms with Gasteiger partial charge in [-0.2, -0.15) is 0 Å². The summed E-state index contributed by atoms with van der Waals surface area (Å²) in [5.41, 5.74) is 7.95. The number of nitrogens with zero attached hydrogens (tertiary/aromatic N) is 1. The number of hydrogen-bond donors (Lipinski definition) is 2. The van der Waals surface area contributed by atoms with E-state index in [1.54, 1.807) is 11.3 Å². The lowest BCUT2D eigenvalue weighted by Gasteiger charge is -2.17.